The summed E-state index contributed by atoms with van der Waals surface area (Å²) in [4.78, 5) is 13.5. The number of rotatable bonds is 8. The number of halogens is 1. The second-order valence-electron chi connectivity index (χ2n) is 4.89. The highest BCUT2D eigenvalue weighted by Crippen LogP contribution is 2.29. The zero-order valence-corrected chi connectivity index (χ0v) is 14.8. The third-order valence-electron chi connectivity index (χ3n) is 3.19. The molecule has 0 saturated carbocycles. The smallest absolute Gasteiger partial charge is 0.272 e. The van der Waals surface area contributed by atoms with Crippen molar-refractivity contribution in [1.82, 2.24) is 10.3 Å². The van der Waals surface area contributed by atoms with Crippen molar-refractivity contribution in [3.05, 3.63) is 48.3 Å². The molecule has 0 aliphatic rings. The van der Waals surface area contributed by atoms with Gasteiger partial charge in [0.2, 0.25) is 0 Å². The van der Waals surface area contributed by atoms with E-state index < -0.39 is 28.4 Å². The lowest BCUT2D eigenvalue weighted by molar-refractivity contribution is -0.123. The topological polar surface area (TPSA) is 103 Å². The second kappa shape index (κ2) is 8.50. The Morgan fingerprint density at radius 1 is 1.04 bits per heavy atom. The lowest BCUT2D eigenvalue weighted by Crippen LogP contribution is -2.43. The van der Waals surface area contributed by atoms with E-state index in [1.807, 2.05) is 10.3 Å². The molecule has 0 unspecified atom stereocenters. The predicted octanol–water partition coefficient (Wildman–Crippen LogP) is 1.23. The maximum absolute atomic E-state index is 13.4. The fraction of sp³-hybridized carbons (Fsp3) is 0.188. The van der Waals surface area contributed by atoms with Gasteiger partial charge in [-0.15, -0.1) is 4.83 Å². The summed E-state index contributed by atoms with van der Waals surface area (Å²) in [5, 5.41) is 0. The first kappa shape index (κ1) is 19.5. The highest BCUT2D eigenvalue weighted by molar-refractivity contribution is 7.89. The van der Waals surface area contributed by atoms with Crippen molar-refractivity contribution >= 4 is 15.9 Å². The molecule has 0 atom stereocenters. The van der Waals surface area contributed by atoms with E-state index in [1.165, 1.54) is 56.7 Å². The standard InChI is InChI=1S/C16H17FN2O6S/c1-23-14-8-7-11(9-15(14)24-2)26(21,22)19-18-16(20)10-25-13-6-4-3-5-12(13)17/h3-9,19H,10H2,1-2H3,(H,18,20). The number of carbonyl (C=O) groups excluding carboxylic acids is 1. The Hall–Kier alpha value is -2.85. The van der Waals surface area contributed by atoms with Gasteiger partial charge in [0.1, 0.15) is 0 Å². The zero-order chi connectivity index (χ0) is 19.2. The number of hydrogen-bond donors (Lipinski definition) is 2. The summed E-state index contributed by atoms with van der Waals surface area (Å²) in [6, 6.07) is 9.46. The number of amides is 1. The van der Waals surface area contributed by atoms with E-state index in [4.69, 9.17) is 14.2 Å². The molecule has 0 aliphatic heterocycles. The maximum atomic E-state index is 13.4. The van der Waals surface area contributed by atoms with Crippen LogP contribution in [0.3, 0.4) is 0 Å². The largest absolute Gasteiger partial charge is 0.493 e. The van der Waals surface area contributed by atoms with Gasteiger partial charge in [-0.3, -0.25) is 10.2 Å². The van der Waals surface area contributed by atoms with Crippen LogP contribution in [-0.2, 0) is 14.8 Å². The average Bonchev–Trinajstić information content (AvgIpc) is 2.65. The van der Waals surface area contributed by atoms with Crippen LogP contribution in [0.1, 0.15) is 0 Å². The van der Waals surface area contributed by atoms with Crippen LogP contribution in [0.5, 0.6) is 17.2 Å². The molecule has 1 amide bonds. The van der Waals surface area contributed by atoms with Gasteiger partial charge < -0.3 is 14.2 Å². The molecule has 0 spiro atoms. The number of hydrogen-bond acceptors (Lipinski definition) is 6. The van der Waals surface area contributed by atoms with Gasteiger partial charge in [-0.05, 0) is 24.3 Å². The van der Waals surface area contributed by atoms with Crippen LogP contribution in [0.15, 0.2) is 47.4 Å². The Morgan fingerprint density at radius 2 is 1.73 bits per heavy atom. The molecule has 0 bridgehead atoms. The van der Waals surface area contributed by atoms with Gasteiger partial charge in [-0.1, -0.05) is 12.1 Å². The van der Waals surface area contributed by atoms with Crippen LogP contribution in [0.25, 0.3) is 0 Å². The Morgan fingerprint density at radius 3 is 2.38 bits per heavy atom. The van der Waals surface area contributed by atoms with Crippen molar-refractivity contribution in [3.63, 3.8) is 0 Å². The molecule has 0 fully saturated rings. The van der Waals surface area contributed by atoms with Gasteiger partial charge in [0.25, 0.3) is 15.9 Å². The molecule has 26 heavy (non-hydrogen) atoms. The molecule has 0 radical (unpaired) electrons. The number of ether oxygens (including phenoxy) is 3. The summed E-state index contributed by atoms with van der Waals surface area (Å²) in [6.07, 6.45) is 0. The van der Waals surface area contributed by atoms with E-state index >= 15 is 0 Å². The second-order valence-corrected chi connectivity index (χ2v) is 6.57. The fourth-order valence-electron chi connectivity index (χ4n) is 1.91. The average molecular weight is 384 g/mol. The molecular formula is C16H17FN2O6S. The molecule has 0 aliphatic carbocycles. The van der Waals surface area contributed by atoms with Crippen molar-refractivity contribution in [2.45, 2.75) is 4.90 Å². The lowest BCUT2D eigenvalue weighted by atomic mass is 10.3. The number of carbonyl (C=O) groups is 1. The Bertz CT molecular complexity index is 888. The Labute approximate surface area is 149 Å². The minimum atomic E-state index is -4.05. The molecule has 10 heteroatoms. The number of para-hydroxylation sites is 1. The summed E-state index contributed by atoms with van der Waals surface area (Å²) in [5.41, 5.74) is 1.98. The van der Waals surface area contributed by atoms with Gasteiger partial charge in [0.15, 0.2) is 29.7 Å². The van der Waals surface area contributed by atoms with Gasteiger partial charge >= 0.3 is 0 Å². The molecule has 2 aromatic carbocycles. The van der Waals surface area contributed by atoms with Crippen molar-refractivity contribution < 1.29 is 31.8 Å². The van der Waals surface area contributed by atoms with E-state index in [0.717, 1.165) is 0 Å². The molecule has 2 N–H and O–H groups in total. The van der Waals surface area contributed by atoms with Gasteiger partial charge in [0, 0.05) is 6.07 Å². The third-order valence-corrected chi connectivity index (χ3v) is 4.43. The van der Waals surface area contributed by atoms with Crippen molar-refractivity contribution in [2.75, 3.05) is 20.8 Å². The number of benzene rings is 2. The number of hydrazine groups is 1. The minimum absolute atomic E-state index is 0.120. The fourth-order valence-corrected chi connectivity index (χ4v) is 2.78. The van der Waals surface area contributed by atoms with Crippen LogP contribution in [0.4, 0.5) is 4.39 Å². The minimum Gasteiger partial charge on any atom is -0.493 e. The number of sulfonamides is 1. The van der Waals surface area contributed by atoms with Crippen LogP contribution >= 0.6 is 0 Å². The quantitative estimate of drug-likeness (QED) is 0.664. The monoisotopic (exact) mass is 384 g/mol. The van der Waals surface area contributed by atoms with E-state index in [0.29, 0.717) is 5.75 Å². The number of nitrogens with one attached hydrogen (secondary N) is 2. The highest BCUT2D eigenvalue weighted by atomic mass is 32.2. The molecule has 0 aromatic heterocycles. The van der Waals surface area contributed by atoms with E-state index in [9.17, 15) is 17.6 Å². The summed E-state index contributed by atoms with van der Waals surface area (Å²) in [5.74, 6) is -0.993. The zero-order valence-electron chi connectivity index (χ0n) is 14.0. The Kier molecular flexibility index (Phi) is 6.36. The first-order chi connectivity index (χ1) is 12.4. The molecule has 140 valence electrons. The molecule has 8 nitrogen and oxygen atoms in total. The maximum Gasteiger partial charge on any atom is 0.272 e. The van der Waals surface area contributed by atoms with Crippen LogP contribution in [-0.4, -0.2) is 35.2 Å². The molecule has 2 aromatic rings. The van der Waals surface area contributed by atoms with Crippen molar-refractivity contribution in [3.8, 4) is 17.2 Å². The third kappa shape index (κ3) is 4.83. The van der Waals surface area contributed by atoms with Gasteiger partial charge in [0.05, 0.1) is 19.1 Å². The summed E-state index contributed by atoms with van der Waals surface area (Å²) in [7, 11) is -1.27. The SMILES string of the molecule is COc1ccc(S(=O)(=O)NNC(=O)COc2ccccc2F)cc1OC. The molecular weight excluding hydrogens is 367 g/mol. The van der Waals surface area contributed by atoms with Gasteiger partial charge in [-0.2, -0.15) is 0 Å². The van der Waals surface area contributed by atoms with Crippen molar-refractivity contribution in [2.24, 2.45) is 0 Å². The van der Waals surface area contributed by atoms with Crippen LogP contribution in [0, 0.1) is 5.82 Å². The summed E-state index contributed by atoms with van der Waals surface area (Å²) >= 11 is 0. The summed E-state index contributed by atoms with van der Waals surface area (Å²) in [6.45, 7) is -0.574. The highest BCUT2D eigenvalue weighted by Gasteiger charge is 2.18. The van der Waals surface area contributed by atoms with Crippen LogP contribution in [0.2, 0.25) is 0 Å². The molecule has 2 rings (SSSR count). The van der Waals surface area contributed by atoms with Crippen LogP contribution < -0.4 is 24.5 Å². The Balaban J connectivity index is 1.97. The summed E-state index contributed by atoms with van der Waals surface area (Å²) < 4.78 is 52.8. The van der Waals surface area contributed by atoms with Crippen molar-refractivity contribution in [1.29, 1.82) is 0 Å². The number of methoxy groups -OCH3 is 2. The predicted molar refractivity (Wildman–Crippen MR) is 89.9 cm³/mol. The molecule has 0 saturated heterocycles. The first-order valence-corrected chi connectivity index (χ1v) is 8.75. The van der Waals surface area contributed by atoms with E-state index in [1.54, 1.807) is 0 Å². The lowest BCUT2D eigenvalue weighted by Gasteiger charge is -2.12. The first-order valence-electron chi connectivity index (χ1n) is 7.27. The molecule has 0 heterocycles. The van der Waals surface area contributed by atoms with Gasteiger partial charge in [-0.25, -0.2) is 12.8 Å². The van der Waals surface area contributed by atoms with E-state index in [2.05, 4.69) is 0 Å². The van der Waals surface area contributed by atoms with E-state index in [-0.39, 0.29) is 16.4 Å². The normalized spacial score (nSPS) is 10.9.